The number of hydrogen-bond acceptors (Lipinski definition) is 7. The maximum Gasteiger partial charge on any atom is 0.335 e. The Hall–Kier alpha value is -3.73. The van der Waals surface area contributed by atoms with Crippen molar-refractivity contribution in [2.45, 2.75) is 30.5 Å². The molecular weight excluding hydrogens is 432 g/mol. The number of hydrogen-bond donors (Lipinski definition) is 3. The molecule has 1 saturated carbocycles. The van der Waals surface area contributed by atoms with Gasteiger partial charge in [0.15, 0.2) is 0 Å². The van der Waals surface area contributed by atoms with Gasteiger partial charge in [-0.05, 0) is 70.6 Å². The molecule has 1 aliphatic rings. The monoisotopic (exact) mass is 452 g/mol. The van der Waals surface area contributed by atoms with Crippen molar-refractivity contribution in [1.82, 2.24) is 25.5 Å². The van der Waals surface area contributed by atoms with E-state index in [1.165, 1.54) is 22.5 Å². The summed E-state index contributed by atoms with van der Waals surface area (Å²) in [4.78, 5) is 34.9. The highest BCUT2D eigenvalue weighted by Crippen LogP contribution is 2.43. The average Bonchev–Trinajstić information content (AvgIpc) is 3.53. The van der Waals surface area contributed by atoms with Gasteiger partial charge in [-0.1, -0.05) is 23.9 Å². The van der Waals surface area contributed by atoms with E-state index < -0.39 is 11.9 Å². The van der Waals surface area contributed by atoms with E-state index in [-0.39, 0.29) is 29.7 Å². The molecule has 0 atom stereocenters. The molecule has 1 aliphatic carbocycles. The Morgan fingerprint density at radius 2 is 1.97 bits per heavy atom. The Bertz CT molecular complexity index is 1190. The van der Waals surface area contributed by atoms with Crippen LogP contribution in [0.4, 0.5) is 0 Å². The molecule has 4 N–H and O–H groups in total. The van der Waals surface area contributed by atoms with Crippen LogP contribution in [0.5, 0.6) is 0 Å². The molecule has 164 valence electrons. The Morgan fingerprint density at radius 3 is 2.69 bits per heavy atom. The topological polar surface area (TPSA) is 153 Å². The summed E-state index contributed by atoms with van der Waals surface area (Å²) < 4.78 is 1.54. The van der Waals surface area contributed by atoms with Crippen molar-refractivity contribution in [2.24, 2.45) is 5.73 Å². The van der Waals surface area contributed by atoms with Crippen molar-refractivity contribution in [3.8, 4) is 5.69 Å². The van der Waals surface area contributed by atoms with Crippen LogP contribution in [0.1, 0.15) is 50.6 Å². The van der Waals surface area contributed by atoms with Gasteiger partial charge in [0.25, 0.3) is 0 Å². The molecule has 2 amide bonds. The average molecular weight is 452 g/mol. The van der Waals surface area contributed by atoms with Crippen molar-refractivity contribution >= 4 is 29.5 Å². The van der Waals surface area contributed by atoms with Crippen LogP contribution >= 0.6 is 11.8 Å². The second kappa shape index (κ2) is 9.18. The highest BCUT2D eigenvalue weighted by molar-refractivity contribution is 7.99. The maximum atomic E-state index is 12.3. The van der Waals surface area contributed by atoms with Crippen LogP contribution in [0, 0.1) is 0 Å². The second-order valence-electron chi connectivity index (χ2n) is 7.36. The number of aromatic nitrogens is 4. The Morgan fingerprint density at radius 1 is 1.16 bits per heavy atom. The maximum absolute atomic E-state index is 12.3. The number of nitrogens with two attached hydrogens (primary N) is 1. The molecule has 0 unspecified atom stereocenters. The first-order chi connectivity index (χ1) is 15.4. The van der Waals surface area contributed by atoms with Crippen molar-refractivity contribution in [3.63, 3.8) is 0 Å². The number of carbonyl (C=O) groups is 3. The lowest BCUT2D eigenvalue weighted by Crippen LogP contribution is -2.25. The molecule has 3 aromatic rings. The molecule has 1 fully saturated rings. The van der Waals surface area contributed by atoms with Gasteiger partial charge in [-0.3, -0.25) is 9.59 Å². The van der Waals surface area contributed by atoms with E-state index in [0.29, 0.717) is 16.4 Å². The number of aromatic carboxylic acids is 1. The molecule has 0 saturated heterocycles. The minimum absolute atomic E-state index is 0.0852. The lowest BCUT2D eigenvalue weighted by atomic mass is 10.0. The number of carboxylic acids is 1. The Balaban J connectivity index is 1.42. The van der Waals surface area contributed by atoms with Crippen molar-refractivity contribution in [2.75, 3.05) is 5.75 Å². The van der Waals surface area contributed by atoms with E-state index in [1.807, 2.05) is 0 Å². The molecule has 0 spiro atoms. The molecule has 0 aliphatic heterocycles. The molecule has 10 nitrogen and oxygen atoms in total. The largest absolute Gasteiger partial charge is 0.478 e. The fraction of sp³-hybridized carbons (Fsp3) is 0.238. The summed E-state index contributed by atoms with van der Waals surface area (Å²) in [6, 6.07) is 11.6. The lowest BCUT2D eigenvalue weighted by Gasteiger charge is -2.11. The molecule has 1 aromatic heterocycles. The number of thioether (sulfide) groups is 1. The smallest absolute Gasteiger partial charge is 0.335 e. The van der Waals surface area contributed by atoms with Gasteiger partial charge in [0.1, 0.15) is 0 Å². The fourth-order valence-electron chi connectivity index (χ4n) is 3.24. The SMILES string of the molecule is NC(=O)c1cccc(CNC(=O)CSc2nnnn2-c2ccc(C(=O)O)cc2C2CC2)c1. The number of carbonyl (C=O) groups excluding carboxylic acids is 2. The van der Waals surface area contributed by atoms with Crippen molar-refractivity contribution < 1.29 is 19.5 Å². The Kier molecular flexibility index (Phi) is 6.17. The summed E-state index contributed by atoms with van der Waals surface area (Å²) in [7, 11) is 0. The van der Waals surface area contributed by atoms with Gasteiger partial charge in [0.2, 0.25) is 17.0 Å². The molecule has 4 rings (SSSR count). The third-order valence-corrected chi connectivity index (χ3v) is 5.91. The lowest BCUT2D eigenvalue weighted by molar-refractivity contribution is -0.118. The Labute approximate surface area is 187 Å². The van der Waals surface area contributed by atoms with Crippen LogP contribution in [0.25, 0.3) is 5.69 Å². The zero-order valence-corrected chi connectivity index (χ0v) is 17.7. The summed E-state index contributed by atoms with van der Waals surface area (Å²) in [6.45, 7) is 0.258. The van der Waals surface area contributed by atoms with Gasteiger partial charge in [0.05, 0.1) is 17.0 Å². The number of primary amides is 1. The highest BCUT2D eigenvalue weighted by atomic mass is 32.2. The fourth-order valence-corrected chi connectivity index (χ4v) is 3.95. The van der Waals surface area contributed by atoms with Gasteiger partial charge in [-0.15, -0.1) is 5.10 Å². The first kappa shape index (κ1) is 21.5. The zero-order chi connectivity index (χ0) is 22.7. The quantitative estimate of drug-likeness (QED) is 0.415. The van der Waals surface area contributed by atoms with Gasteiger partial charge >= 0.3 is 5.97 Å². The zero-order valence-electron chi connectivity index (χ0n) is 16.9. The van der Waals surface area contributed by atoms with E-state index in [0.717, 1.165) is 24.0 Å². The summed E-state index contributed by atoms with van der Waals surface area (Å²) in [5.41, 5.74) is 8.24. The number of nitrogens with zero attached hydrogens (tertiary/aromatic N) is 4. The van der Waals surface area contributed by atoms with E-state index in [2.05, 4.69) is 20.8 Å². The molecular formula is C21H20N6O4S. The minimum Gasteiger partial charge on any atom is -0.478 e. The summed E-state index contributed by atoms with van der Waals surface area (Å²) in [5, 5.41) is 24.3. The highest BCUT2D eigenvalue weighted by Gasteiger charge is 2.29. The van der Waals surface area contributed by atoms with Crippen molar-refractivity contribution in [1.29, 1.82) is 0 Å². The third kappa shape index (κ3) is 4.94. The van der Waals surface area contributed by atoms with E-state index in [1.54, 1.807) is 36.4 Å². The van der Waals surface area contributed by atoms with Crippen LogP contribution in [-0.4, -0.2) is 48.9 Å². The number of rotatable bonds is 9. The molecule has 2 aromatic carbocycles. The van der Waals surface area contributed by atoms with Crippen LogP contribution in [-0.2, 0) is 11.3 Å². The minimum atomic E-state index is -0.984. The molecule has 0 bridgehead atoms. The van der Waals surface area contributed by atoms with Gasteiger partial charge < -0.3 is 16.2 Å². The second-order valence-corrected chi connectivity index (χ2v) is 8.30. The number of nitrogens with one attached hydrogen (secondary N) is 1. The first-order valence-corrected chi connectivity index (χ1v) is 10.8. The number of carboxylic acid groups (broad SMARTS) is 1. The van der Waals surface area contributed by atoms with Crippen LogP contribution in [0.15, 0.2) is 47.6 Å². The van der Waals surface area contributed by atoms with E-state index in [4.69, 9.17) is 5.73 Å². The predicted octanol–water partition coefficient (Wildman–Crippen LogP) is 1.75. The van der Waals surface area contributed by atoms with E-state index >= 15 is 0 Å². The normalized spacial score (nSPS) is 13.0. The number of benzene rings is 2. The summed E-state index contributed by atoms with van der Waals surface area (Å²) >= 11 is 1.18. The van der Waals surface area contributed by atoms with Crippen LogP contribution in [0.2, 0.25) is 0 Å². The summed E-state index contributed by atoms with van der Waals surface area (Å²) in [6.07, 6.45) is 1.97. The molecule has 1 heterocycles. The van der Waals surface area contributed by atoms with E-state index in [9.17, 15) is 19.5 Å². The van der Waals surface area contributed by atoms with Crippen molar-refractivity contribution in [3.05, 3.63) is 64.7 Å². The van der Waals surface area contributed by atoms with Gasteiger partial charge in [-0.2, -0.15) is 4.68 Å². The standard InChI is InChI=1S/C21H20N6O4S/c22-19(29)14-3-1-2-12(8-14)10-23-18(28)11-32-21-24-25-26-27(21)17-7-6-15(20(30)31)9-16(17)13-4-5-13/h1-3,6-9,13H,4-5,10-11H2,(H2,22,29)(H,23,28)(H,30,31). The van der Waals surface area contributed by atoms with Crippen LogP contribution < -0.4 is 11.1 Å². The predicted molar refractivity (Wildman–Crippen MR) is 116 cm³/mol. The molecule has 0 radical (unpaired) electrons. The number of tetrazole rings is 1. The molecule has 11 heteroatoms. The van der Waals surface area contributed by atoms with Gasteiger partial charge in [0, 0.05) is 12.1 Å². The first-order valence-electron chi connectivity index (χ1n) is 9.86. The third-order valence-electron chi connectivity index (χ3n) is 4.99. The summed E-state index contributed by atoms with van der Waals surface area (Å²) in [5.74, 6) is -1.37. The van der Waals surface area contributed by atoms with Crippen LogP contribution in [0.3, 0.4) is 0 Å². The van der Waals surface area contributed by atoms with Gasteiger partial charge in [-0.25, -0.2) is 4.79 Å². The number of amides is 2. The molecule has 32 heavy (non-hydrogen) atoms.